The van der Waals surface area contributed by atoms with E-state index in [2.05, 4.69) is 9.97 Å². The predicted molar refractivity (Wildman–Crippen MR) is 50.5 cm³/mol. The minimum Gasteiger partial charge on any atom is -0.379 e. The number of hydrogen-bond acceptors (Lipinski definition) is 3. The van der Waals surface area contributed by atoms with Crippen LogP contribution >= 0.6 is 0 Å². The van der Waals surface area contributed by atoms with E-state index in [-0.39, 0.29) is 0 Å². The molecule has 14 heavy (non-hydrogen) atoms. The second kappa shape index (κ2) is 3.26. The minimum atomic E-state index is -0.720. The highest BCUT2D eigenvalue weighted by Crippen LogP contribution is 2.18. The molecule has 2 heterocycles. The summed E-state index contributed by atoms with van der Waals surface area (Å²) in [7, 11) is 3.69. The fourth-order valence-electron chi connectivity index (χ4n) is 1.40. The van der Waals surface area contributed by atoms with E-state index in [1.54, 1.807) is 34.1 Å². The average Bonchev–Trinajstić information content (AvgIpc) is 2.73. The van der Waals surface area contributed by atoms with E-state index in [1.807, 2.05) is 14.1 Å². The lowest BCUT2D eigenvalue weighted by molar-refractivity contribution is 0.197. The molecule has 0 spiro atoms. The van der Waals surface area contributed by atoms with Crippen molar-refractivity contribution >= 4 is 0 Å². The van der Waals surface area contributed by atoms with E-state index in [1.165, 1.54) is 0 Å². The number of aliphatic hydroxyl groups is 1. The lowest BCUT2D eigenvalue weighted by atomic mass is 10.2. The van der Waals surface area contributed by atoms with Crippen LogP contribution in [0.3, 0.4) is 0 Å². The van der Waals surface area contributed by atoms with Gasteiger partial charge in [0.15, 0.2) is 6.10 Å². The fourth-order valence-corrected chi connectivity index (χ4v) is 1.40. The normalized spacial score (nSPS) is 13.1. The van der Waals surface area contributed by atoms with Crippen LogP contribution in [-0.4, -0.2) is 24.2 Å². The molecule has 5 heteroatoms. The summed E-state index contributed by atoms with van der Waals surface area (Å²) in [6.45, 7) is 0. The summed E-state index contributed by atoms with van der Waals surface area (Å²) in [4.78, 5) is 8.03. The maximum atomic E-state index is 9.99. The van der Waals surface area contributed by atoms with E-state index in [4.69, 9.17) is 0 Å². The molecule has 2 aromatic rings. The summed E-state index contributed by atoms with van der Waals surface area (Å²) < 4.78 is 3.57. The molecule has 5 nitrogen and oxygen atoms in total. The molecular formula is C9H12N4O. The second-order valence-corrected chi connectivity index (χ2v) is 3.23. The standard InChI is InChI=1S/C9H12N4O/c1-12-4-3-11-9(12)8(14)7-5-10-6-13(7)2/h3-6,8,14H,1-2H3. The summed E-state index contributed by atoms with van der Waals surface area (Å²) in [6.07, 6.45) is 6.03. The zero-order valence-electron chi connectivity index (χ0n) is 8.12. The molecule has 0 fully saturated rings. The quantitative estimate of drug-likeness (QED) is 0.741. The van der Waals surface area contributed by atoms with Crippen molar-refractivity contribution in [2.24, 2.45) is 14.1 Å². The number of rotatable bonds is 2. The molecule has 0 saturated carbocycles. The van der Waals surface area contributed by atoms with Gasteiger partial charge in [0.2, 0.25) is 0 Å². The van der Waals surface area contributed by atoms with Crippen LogP contribution < -0.4 is 0 Å². The van der Waals surface area contributed by atoms with Crippen LogP contribution in [0.4, 0.5) is 0 Å². The molecule has 1 unspecified atom stereocenters. The molecule has 0 amide bonds. The van der Waals surface area contributed by atoms with Gasteiger partial charge < -0.3 is 14.2 Å². The molecular weight excluding hydrogens is 180 g/mol. The van der Waals surface area contributed by atoms with Gasteiger partial charge in [0, 0.05) is 26.5 Å². The van der Waals surface area contributed by atoms with Crippen molar-refractivity contribution in [1.82, 2.24) is 19.1 Å². The third kappa shape index (κ3) is 1.31. The molecule has 0 aliphatic rings. The first-order valence-electron chi connectivity index (χ1n) is 4.31. The van der Waals surface area contributed by atoms with Crippen molar-refractivity contribution < 1.29 is 5.11 Å². The van der Waals surface area contributed by atoms with E-state index >= 15 is 0 Å². The Kier molecular flexibility index (Phi) is 2.09. The smallest absolute Gasteiger partial charge is 0.153 e. The molecule has 0 saturated heterocycles. The first-order valence-corrected chi connectivity index (χ1v) is 4.31. The summed E-state index contributed by atoms with van der Waals surface area (Å²) in [5, 5.41) is 9.99. The fraction of sp³-hybridized carbons (Fsp3) is 0.333. The zero-order chi connectivity index (χ0) is 10.1. The lowest BCUT2D eigenvalue weighted by Crippen LogP contribution is -2.10. The molecule has 1 N–H and O–H groups in total. The van der Waals surface area contributed by atoms with Gasteiger partial charge in [-0.3, -0.25) is 0 Å². The van der Waals surface area contributed by atoms with Crippen molar-refractivity contribution in [1.29, 1.82) is 0 Å². The van der Waals surface area contributed by atoms with Crippen LogP contribution in [0, 0.1) is 0 Å². The first-order chi connectivity index (χ1) is 6.70. The molecule has 2 rings (SSSR count). The SMILES string of the molecule is Cn1cncc1C(O)c1nccn1C. The van der Waals surface area contributed by atoms with Crippen LogP contribution in [0.5, 0.6) is 0 Å². The van der Waals surface area contributed by atoms with Crippen LogP contribution in [0.1, 0.15) is 17.6 Å². The van der Waals surface area contributed by atoms with Crippen molar-refractivity contribution in [2.75, 3.05) is 0 Å². The van der Waals surface area contributed by atoms with Crippen molar-refractivity contribution in [3.05, 3.63) is 36.4 Å². The van der Waals surface area contributed by atoms with Crippen LogP contribution in [0.25, 0.3) is 0 Å². The zero-order valence-corrected chi connectivity index (χ0v) is 8.12. The summed E-state index contributed by atoms with van der Waals surface area (Å²) in [6, 6.07) is 0. The Morgan fingerprint density at radius 1 is 1.36 bits per heavy atom. The Morgan fingerprint density at radius 3 is 2.64 bits per heavy atom. The average molecular weight is 192 g/mol. The highest BCUT2D eigenvalue weighted by molar-refractivity contribution is 5.13. The largest absolute Gasteiger partial charge is 0.379 e. The first kappa shape index (κ1) is 8.96. The summed E-state index contributed by atoms with van der Waals surface area (Å²) >= 11 is 0. The van der Waals surface area contributed by atoms with Crippen LogP contribution in [-0.2, 0) is 14.1 Å². The molecule has 2 aromatic heterocycles. The number of nitrogens with zero attached hydrogens (tertiary/aromatic N) is 4. The Labute approximate surface area is 81.7 Å². The van der Waals surface area contributed by atoms with Gasteiger partial charge in [0.05, 0.1) is 18.2 Å². The maximum Gasteiger partial charge on any atom is 0.153 e. The molecule has 1 atom stereocenters. The molecule has 0 bridgehead atoms. The number of aliphatic hydroxyl groups excluding tert-OH is 1. The van der Waals surface area contributed by atoms with Crippen molar-refractivity contribution in [3.63, 3.8) is 0 Å². The third-order valence-corrected chi connectivity index (χ3v) is 2.24. The number of aryl methyl sites for hydroxylation is 2. The van der Waals surface area contributed by atoms with E-state index < -0.39 is 6.10 Å². The molecule has 74 valence electrons. The molecule has 0 aliphatic heterocycles. The Morgan fingerprint density at radius 2 is 2.14 bits per heavy atom. The van der Waals surface area contributed by atoms with Crippen molar-refractivity contribution in [3.8, 4) is 0 Å². The van der Waals surface area contributed by atoms with Gasteiger partial charge in [-0.2, -0.15) is 0 Å². The Hall–Kier alpha value is -1.62. The maximum absolute atomic E-state index is 9.99. The van der Waals surface area contributed by atoms with Gasteiger partial charge in [0.25, 0.3) is 0 Å². The number of aromatic nitrogens is 4. The molecule has 0 aromatic carbocycles. The highest BCUT2D eigenvalue weighted by Gasteiger charge is 2.17. The van der Waals surface area contributed by atoms with Crippen LogP contribution in [0.15, 0.2) is 24.9 Å². The number of imidazole rings is 2. The number of hydrogen-bond donors (Lipinski definition) is 1. The monoisotopic (exact) mass is 192 g/mol. The minimum absolute atomic E-state index is 0.619. The van der Waals surface area contributed by atoms with Gasteiger partial charge in [-0.15, -0.1) is 0 Å². The topological polar surface area (TPSA) is 55.9 Å². The van der Waals surface area contributed by atoms with Gasteiger partial charge in [-0.05, 0) is 0 Å². The second-order valence-electron chi connectivity index (χ2n) is 3.23. The van der Waals surface area contributed by atoms with Gasteiger partial charge in [0.1, 0.15) is 5.82 Å². The Balaban J connectivity index is 2.38. The predicted octanol–water partition coefficient (Wildman–Crippen LogP) is 0.235. The highest BCUT2D eigenvalue weighted by atomic mass is 16.3. The van der Waals surface area contributed by atoms with Crippen LogP contribution in [0.2, 0.25) is 0 Å². The van der Waals surface area contributed by atoms with E-state index in [0.717, 1.165) is 5.69 Å². The van der Waals surface area contributed by atoms with E-state index in [9.17, 15) is 5.11 Å². The third-order valence-electron chi connectivity index (χ3n) is 2.24. The molecule has 0 radical (unpaired) electrons. The molecule has 0 aliphatic carbocycles. The van der Waals surface area contributed by atoms with E-state index in [0.29, 0.717) is 5.82 Å². The van der Waals surface area contributed by atoms with Gasteiger partial charge in [-0.1, -0.05) is 0 Å². The summed E-state index contributed by atoms with van der Waals surface area (Å²) in [5.41, 5.74) is 0.735. The van der Waals surface area contributed by atoms with Gasteiger partial charge in [-0.25, -0.2) is 9.97 Å². The Bertz CT molecular complexity index is 391. The lowest BCUT2D eigenvalue weighted by Gasteiger charge is -2.10. The van der Waals surface area contributed by atoms with Gasteiger partial charge >= 0.3 is 0 Å². The van der Waals surface area contributed by atoms with Crippen molar-refractivity contribution in [2.45, 2.75) is 6.10 Å². The summed E-state index contributed by atoms with van der Waals surface area (Å²) in [5.74, 6) is 0.619.